The minimum atomic E-state index is -0.956. The van der Waals surface area contributed by atoms with Crippen molar-refractivity contribution in [1.29, 1.82) is 0 Å². The topological polar surface area (TPSA) is 76.1 Å². The molecule has 0 aliphatic heterocycles. The number of benzene rings is 1. The summed E-state index contributed by atoms with van der Waals surface area (Å²) in [5.41, 5.74) is 0. The van der Waals surface area contributed by atoms with E-state index < -0.39 is 5.97 Å². The summed E-state index contributed by atoms with van der Waals surface area (Å²) >= 11 is 0. The predicted molar refractivity (Wildman–Crippen MR) is 77.5 cm³/mol. The molecule has 21 heavy (non-hydrogen) atoms. The van der Waals surface area contributed by atoms with E-state index in [-0.39, 0.29) is 32.0 Å². The first-order valence-corrected chi connectivity index (χ1v) is 6.44. The number of hydrogen-bond acceptors (Lipinski definition) is 4. The first kappa shape index (κ1) is 16.6. The van der Waals surface area contributed by atoms with Crippen LogP contribution in [0.15, 0.2) is 36.9 Å². The third-order valence-corrected chi connectivity index (χ3v) is 2.72. The van der Waals surface area contributed by atoms with E-state index in [1.165, 1.54) is 12.0 Å². The molecule has 0 heterocycles. The van der Waals surface area contributed by atoms with Crippen LogP contribution in [0.5, 0.6) is 11.5 Å². The van der Waals surface area contributed by atoms with Crippen molar-refractivity contribution in [3.63, 3.8) is 0 Å². The molecular weight excluding hydrogens is 274 g/mol. The maximum Gasteiger partial charge on any atom is 0.305 e. The lowest BCUT2D eigenvalue weighted by Gasteiger charge is -2.20. The highest BCUT2D eigenvalue weighted by atomic mass is 16.5. The van der Waals surface area contributed by atoms with Gasteiger partial charge in [0.15, 0.2) is 18.1 Å². The van der Waals surface area contributed by atoms with Crippen molar-refractivity contribution in [3.05, 3.63) is 36.9 Å². The highest BCUT2D eigenvalue weighted by Gasteiger charge is 2.15. The molecule has 0 saturated carbocycles. The van der Waals surface area contributed by atoms with Gasteiger partial charge in [-0.25, -0.2) is 0 Å². The number of rotatable bonds is 9. The number of nitrogens with zero attached hydrogens (tertiary/aromatic N) is 1. The zero-order valence-corrected chi connectivity index (χ0v) is 11.9. The van der Waals surface area contributed by atoms with E-state index in [9.17, 15) is 9.59 Å². The second-order valence-corrected chi connectivity index (χ2v) is 4.21. The second-order valence-electron chi connectivity index (χ2n) is 4.21. The number of carboxylic acids is 1. The van der Waals surface area contributed by atoms with E-state index in [2.05, 4.69) is 6.58 Å². The van der Waals surface area contributed by atoms with Crippen LogP contribution in [0.1, 0.15) is 6.42 Å². The summed E-state index contributed by atoms with van der Waals surface area (Å²) in [5.74, 6) is -0.263. The highest BCUT2D eigenvalue weighted by Crippen LogP contribution is 2.25. The molecule has 0 spiro atoms. The fourth-order valence-corrected chi connectivity index (χ4v) is 1.67. The number of ether oxygens (including phenoxy) is 2. The van der Waals surface area contributed by atoms with Gasteiger partial charge in [-0.3, -0.25) is 9.59 Å². The highest BCUT2D eigenvalue weighted by molar-refractivity contribution is 5.78. The zero-order chi connectivity index (χ0) is 15.7. The summed E-state index contributed by atoms with van der Waals surface area (Å²) in [6.07, 6.45) is 1.43. The Bertz CT molecular complexity index is 501. The standard InChI is InChI=1S/C15H19NO5/c1-3-9-16(10-8-15(18)19)14(17)11-21-13-7-5-4-6-12(13)20-2/h3-7H,1,8-11H2,2H3,(H,18,19). The maximum absolute atomic E-state index is 12.0. The van der Waals surface area contributed by atoms with Crippen LogP contribution in [-0.4, -0.2) is 48.7 Å². The molecule has 0 fully saturated rings. The monoisotopic (exact) mass is 293 g/mol. The summed E-state index contributed by atoms with van der Waals surface area (Å²) in [6, 6.07) is 6.99. The van der Waals surface area contributed by atoms with E-state index >= 15 is 0 Å². The van der Waals surface area contributed by atoms with Gasteiger partial charge in [-0.15, -0.1) is 6.58 Å². The van der Waals surface area contributed by atoms with Gasteiger partial charge in [0.2, 0.25) is 0 Å². The van der Waals surface area contributed by atoms with Gasteiger partial charge in [0, 0.05) is 13.1 Å². The van der Waals surface area contributed by atoms with Crippen LogP contribution in [0.4, 0.5) is 0 Å². The Morgan fingerprint density at radius 1 is 1.33 bits per heavy atom. The number of hydrogen-bond donors (Lipinski definition) is 1. The first-order chi connectivity index (χ1) is 10.1. The van der Waals surface area contributed by atoms with Gasteiger partial charge in [-0.1, -0.05) is 18.2 Å². The minimum Gasteiger partial charge on any atom is -0.493 e. The summed E-state index contributed by atoms with van der Waals surface area (Å²) in [4.78, 5) is 24.0. The van der Waals surface area contributed by atoms with Gasteiger partial charge in [0.1, 0.15) is 0 Å². The van der Waals surface area contributed by atoms with E-state index in [0.717, 1.165) is 0 Å². The third kappa shape index (κ3) is 5.56. The molecule has 1 rings (SSSR count). The molecule has 0 atom stereocenters. The van der Waals surface area contributed by atoms with Crippen LogP contribution in [0.3, 0.4) is 0 Å². The Kier molecular flexibility index (Phi) is 6.80. The SMILES string of the molecule is C=CCN(CCC(=O)O)C(=O)COc1ccccc1OC. The lowest BCUT2D eigenvalue weighted by atomic mass is 10.3. The number of carbonyl (C=O) groups is 2. The van der Waals surface area contributed by atoms with Gasteiger partial charge < -0.3 is 19.5 Å². The molecule has 1 aromatic rings. The molecule has 6 nitrogen and oxygen atoms in total. The van der Waals surface area contributed by atoms with Gasteiger partial charge in [0.05, 0.1) is 13.5 Å². The van der Waals surface area contributed by atoms with Crippen molar-refractivity contribution in [3.8, 4) is 11.5 Å². The molecular formula is C15H19NO5. The average molecular weight is 293 g/mol. The van der Waals surface area contributed by atoms with Gasteiger partial charge in [-0.05, 0) is 12.1 Å². The molecule has 0 aliphatic carbocycles. The van der Waals surface area contributed by atoms with E-state index in [1.54, 1.807) is 30.3 Å². The Hall–Kier alpha value is -2.50. The zero-order valence-electron chi connectivity index (χ0n) is 11.9. The largest absolute Gasteiger partial charge is 0.493 e. The van der Waals surface area contributed by atoms with Crippen LogP contribution in [0.25, 0.3) is 0 Å². The fraction of sp³-hybridized carbons (Fsp3) is 0.333. The Morgan fingerprint density at radius 2 is 2.00 bits per heavy atom. The molecule has 1 aromatic carbocycles. The molecule has 0 aromatic heterocycles. The smallest absolute Gasteiger partial charge is 0.305 e. The van der Waals surface area contributed by atoms with E-state index in [0.29, 0.717) is 11.5 Å². The molecule has 0 aliphatic rings. The lowest BCUT2D eigenvalue weighted by molar-refractivity contribution is -0.138. The minimum absolute atomic E-state index is 0.117. The fourth-order valence-electron chi connectivity index (χ4n) is 1.67. The summed E-state index contributed by atoms with van der Waals surface area (Å²) in [5, 5.41) is 8.68. The number of carbonyl (C=O) groups excluding carboxylic acids is 1. The molecule has 0 radical (unpaired) electrons. The molecule has 0 bridgehead atoms. The Labute approximate surface area is 123 Å². The Morgan fingerprint density at radius 3 is 2.57 bits per heavy atom. The number of methoxy groups -OCH3 is 1. The second kappa shape index (κ2) is 8.63. The average Bonchev–Trinajstić information content (AvgIpc) is 2.49. The number of amides is 1. The van der Waals surface area contributed by atoms with E-state index in [4.69, 9.17) is 14.6 Å². The molecule has 1 N–H and O–H groups in total. The third-order valence-electron chi connectivity index (χ3n) is 2.72. The summed E-state index contributed by atoms with van der Waals surface area (Å²) in [7, 11) is 1.51. The van der Waals surface area contributed by atoms with Crippen LogP contribution in [0, 0.1) is 0 Å². The molecule has 0 saturated heterocycles. The lowest BCUT2D eigenvalue weighted by Crippen LogP contribution is -2.36. The van der Waals surface area contributed by atoms with Crippen LogP contribution in [0.2, 0.25) is 0 Å². The predicted octanol–water partition coefficient (Wildman–Crippen LogP) is 1.56. The molecule has 1 amide bonds. The first-order valence-electron chi connectivity index (χ1n) is 6.44. The number of aliphatic carboxylic acids is 1. The van der Waals surface area contributed by atoms with Gasteiger partial charge in [-0.2, -0.15) is 0 Å². The molecule has 114 valence electrons. The van der Waals surface area contributed by atoms with Crippen molar-refractivity contribution < 1.29 is 24.2 Å². The van der Waals surface area contributed by atoms with Crippen molar-refractivity contribution in [1.82, 2.24) is 4.90 Å². The normalized spacial score (nSPS) is 9.76. The quantitative estimate of drug-likeness (QED) is 0.699. The molecule has 0 unspecified atom stereocenters. The van der Waals surface area contributed by atoms with Crippen molar-refractivity contribution in [2.75, 3.05) is 26.8 Å². The number of para-hydroxylation sites is 2. The van der Waals surface area contributed by atoms with Crippen LogP contribution in [-0.2, 0) is 9.59 Å². The Balaban J connectivity index is 2.60. The van der Waals surface area contributed by atoms with Gasteiger partial charge >= 0.3 is 5.97 Å². The molecule has 6 heteroatoms. The summed E-state index contributed by atoms with van der Waals surface area (Å²) < 4.78 is 10.5. The summed E-state index contributed by atoms with van der Waals surface area (Å²) in [6.45, 7) is 3.77. The maximum atomic E-state index is 12.0. The van der Waals surface area contributed by atoms with Gasteiger partial charge in [0.25, 0.3) is 5.91 Å². The van der Waals surface area contributed by atoms with Crippen molar-refractivity contribution >= 4 is 11.9 Å². The number of carboxylic acid groups (broad SMARTS) is 1. The van der Waals surface area contributed by atoms with Crippen LogP contribution < -0.4 is 9.47 Å². The van der Waals surface area contributed by atoms with Crippen molar-refractivity contribution in [2.45, 2.75) is 6.42 Å². The van der Waals surface area contributed by atoms with Crippen molar-refractivity contribution in [2.24, 2.45) is 0 Å². The van der Waals surface area contributed by atoms with E-state index in [1.807, 2.05) is 0 Å². The van der Waals surface area contributed by atoms with Crippen LogP contribution >= 0.6 is 0 Å².